The van der Waals surface area contributed by atoms with Gasteiger partial charge in [-0.1, -0.05) is 38.5 Å². The van der Waals surface area contributed by atoms with Crippen LogP contribution in [0.15, 0.2) is 0 Å². The van der Waals surface area contributed by atoms with Crippen molar-refractivity contribution in [2.24, 2.45) is 0 Å². The average Bonchev–Trinajstić information content (AvgIpc) is 2.80. The maximum absolute atomic E-state index is 13.0. The molecule has 1 aliphatic heterocycles. The first-order valence-electron chi connectivity index (χ1n) is 9.90. The SMILES string of the molecule is CCN(C(=O)CN1C(=O)N(C)C2(CCCCC2)C1=O)C1CCCCC1. The van der Waals surface area contributed by atoms with Gasteiger partial charge in [-0.05, 0) is 32.6 Å². The van der Waals surface area contributed by atoms with Crippen LogP contribution in [0.25, 0.3) is 0 Å². The van der Waals surface area contributed by atoms with Crippen molar-refractivity contribution >= 4 is 17.8 Å². The topological polar surface area (TPSA) is 60.9 Å². The molecule has 3 aliphatic rings. The van der Waals surface area contributed by atoms with Crippen molar-refractivity contribution in [2.45, 2.75) is 82.7 Å². The van der Waals surface area contributed by atoms with Gasteiger partial charge >= 0.3 is 6.03 Å². The number of carbonyl (C=O) groups excluding carboxylic acids is 3. The predicted octanol–water partition coefficient (Wildman–Crippen LogP) is 2.76. The molecule has 3 fully saturated rings. The molecule has 1 heterocycles. The van der Waals surface area contributed by atoms with Crippen molar-refractivity contribution in [1.29, 1.82) is 0 Å². The molecular weight excluding hydrogens is 318 g/mol. The Kier molecular flexibility index (Phi) is 5.35. The fourth-order valence-electron chi connectivity index (χ4n) is 4.93. The molecule has 25 heavy (non-hydrogen) atoms. The summed E-state index contributed by atoms with van der Waals surface area (Å²) in [6.45, 7) is 2.52. The van der Waals surface area contributed by atoms with E-state index < -0.39 is 5.54 Å². The highest BCUT2D eigenvalue weighted by Gasteiger charge is 2.56. The zero-order valence-electron chi connectivity index (χ0n) is 15.6. The zero-order chi connectivity index (χ0) is 18.0. The predicted molar refractivity (Wildman–Crippen MR) is 94.9 cm³/mol. The van der Waals surface area contributed by atoms with E-state index >= 15 is 0 Å². The van der Waals surface area contributed by atoms with Crippen molar-refractivity contribution in [3.8, 4) is 0 Å². The van der Waals surface area contributed by atoms with Gasteiger partial charge in [-0.15, -0.1) is 0 Å². The summed E-state index contributed by atoms with van der Waals surface area (Å²) in [7, 11) is 1.72. The summed E-state index contributed by atoms with van der Waals surface area (Å²) in [6.07, 6.45) is 10.1. The van der Waals surface area contributed by atoms with Crippen LogP contribution < -0.4 is 0 Å². The maximum atomic E-state index is 13.0. The number of likely N-dealkylation sites (N-methyl/N-ethyl adjacent to an activating group) is 2. The van der Waals surface area contributed by atoms with Crippen molar-refractivity contribution in [3.05, 3.63) is 0 Å². The second kappa shape index (κ2) is 7.34. The molecular formula is C19H31N3O3. The number of urea groups is 1. The summed E-state index contributed by atoms with van der Waals surface area (Å²) < 4.78 is 0. The van der Waals surface area contributed by atoms with E-state index in [9.17, 15) is 14.4 Å². The van der Waals surface area contributed by atoms with Gasteiger partial charge in [0.25, 0.3) is 5.91 Å². The van der Waals surface area contributed by atoms with E-state index in [-0.39, 0.29) is 30.4 Å². The highest BCUT2D eigenvalue weighted by Crippen LogP contribution is 2.39. The van der Waals surface area contributed by atoms with Gasteiger partial charge in [0.1, 0.15) is 12.1 Å². The zero-order valence-corrected chi connectivity index (χ0v) is 15.6. The van der Waals surface area contributed by atoms with Crippen molar-refractivity contribution in [3.63, 3.8) is 0 Å². The molecule has 6 nitrogen and oxygen atoms in total. The smallest absolute Gasteiger partial charge is 0.327 e. The summed E-state index contributed by atoms with van der Waals surface area (Å²) in [5.74, 6) is -0.245. The van der Waals surface area contributed by atoms with Crippen LogP contribution >= 0.6 is 0 Å². The lowest BCUT2D eigenvalue weighted by molar-refractivity contribution is -0.141. The maximum Gasteiger partial charge on any atom is 0.327 e. The van der Waals surface area contributed by atoms with Crippen LogP contribution in [0.2, 0.25) is 0 Å². The van der Waals surface area contributed by atoms with Gasteiger partial charge in [0.15, 0.2) is 0 Å². The molecule has 2 saturated carbocycles. The lowest BCUT2D eigenvalue weighted by Crippen LogP contribution is -2.50. The fraction of sp³-hybridized carbons (Fsp3) is 0.842. The molecule has 3 rings (SSSR count). The number of carbonyl (C=O) groups is 3. The van der Waals surface area contributed by atoms with Crippen molar-refractivity contribution in [1.82, 2.24) is 14.7 Å². The molecule has 2 aliphatic carbocycles. The second-order valence-electron chi connectivity index (χ2n) is 7.80. The van der Waals surface area contributed by atoms with Crippen LogP contribution in [0.1, 0.15) is 71.1 Å². The van der Waals surface area contributed by atoms with Gasteiger partial charge < -0.3 is 9.80 Å². The summed E-state index contributed by atoms with van der Waals surface area (Å²) >= 11 is 0. The van der Waals surface area contributed by atoms with Crippen LogP contribution in [0.3, 0.4) is 0 Å². The minimum absolute atomic E-state index is 0.0858. The van der Waals surface area contributed by atoms with Gasteiger partial charge in [0.2, 0.25) is 5.91 Å². The molecule has 140 valence electrons. The Morgan fingerprint density at radius 2 is 1.68 bits per heavy atom. The lowest BCUT2D eigenvalue weighted by Gasteiger charge is -2.36. The van der Waals surface area contributed by atoms with Gasteiger partial charge in [0.05, 0.1) is 0 Å². The molecule has 0 unspecified atom stereocenters. The van der Waals surface area contributed by atoms with E-state index in [1.165, 1.54) is 11.3 Å². The molecule has 4 amide bonds. The van der Waals surface area contributed by atoms with E-state index in [4.69, 9.17) is 0 Å². The Labute approximate surface area is 150 Å². The molecule has 0 aromatic rings. The van der Waals surface area contributed by atoms with Crippen LogP contribution in [0.5, 0.6) is 0 Å². The van der Waals surface area contributed by atoms with Crippen LogP contribution in [-0.2, 0) is 9.59 Å². The number of amides is 4. The minimum atomic E-state index is -0.697. The van der Waals surface area contributed by atoms with E-state index in [1.54, 1.807) is 11.9 Å². The molecule has 0 atom stereocenters. The van der Waals surface area contributed by atoms with E-state index in [2.05, 4.69) is 0 Å². The van der Waals surface area contributed by atoms with Gasteiger partial charge in [-0.2, -0.15) is 0 Å². The quantitative estimate of drug-likeness (QED) is 0.733. The molecule has 0 aromatic carbocycles. The average molecular weight is 349 g/mol. The lowest BCUT2D eigenvalue weighted by atomic mass is 9.81. The van der Waals surface area contributed by atoms with Gasteiger partial charge in [0, 0.05) is 19.6 Å². The second-order valence-corrected chi connectivity index (χ2v) is 7.80. The highest BCUT2D eigenvalue weighted by atomic mass is 16.2. The Balaban J connectivity index is 1.71. The minimum Gasteiger partial charge on any atom is -0.338 e. The van der Waals surface area contributed by atoms with E-state index in [1.807, 2.05) is 11.8 Å². The highest BCUT2D eigenvalue weighted by molar-refractivity contribution is 6.08. The number of imide groups is 1. The molecule has 1 saturated heterocycles. The normalized spacial score (nSPS) is 24.2. The Morgan fingerprint density at radius 1 is 1.08 bits per heavy atom. The fourth-order valence-corrected chi connectivity index (χ4v) is 4.93. The van der Waals surface area contributed by atoms with Crippen molar-refractivity contribution in [2.75, 3.05) is 20.1 Å². The summed E-state index contributed by atoms with van der Waals surface area (Å²) in [4.78, 5) is 43.2. The third-order valence-corrected chi connectivity index (χ3v) is 6.45. The molecule has 0 bridgehead atoms. The van der Waals surface area contributed by atoms with Gasteiger partial charge in [-0.3, -0.25) is 14.5 Å². The van der Waals surface area contributed by atoms with Crippen molar-refractivity contribution < 1.29 is 14.4 Å². The Bertz CT molecular complexity index is 536. The summed E-state index contributed by atoms with van der Waals surface area (Å²) in [5.41, 5.74) is -0.697. The number of rotatable bonds is 4. The molecule has 0 N–H and O–H groups in total. The summed E-state index contributed by atoms with van der Waals surface area (Å²) in [6, 6.07) is -0.0413. The monoisotopic (exact) mass is 349 g/mol. The van der Waals surface area contributed by atoms with E-state index in [0.717, 1.165) is 57.8 Å². The Hall–Kier alpha value is -1.59. The number of nitrogens with zero attached hydrogens (tertiary/aromatic N) is 3. The molecule has 6 heteroatoms. The molecule has 0 aromatic heterocycles. The first kappa shape index (κ1) is 18.2. The molecule has 0 radical (unpaired) electrons. The van der Waals surface area contributed by atoms with Crippen LogP contribution in [0, 0.1) is 0 Å². The number of hydrogen-bond donors (Lipinski definition) is 0. The first-order chi connectivity index (χ1) is 12.0. The van der Waals surface area contributed by atoms with Crippen LogP contribution in [-0.4, -0.2) is 64.3 Å². The first-order valence-corrected chi connectivity index (χ1v) is 9.90. The van der Waals surface area contributed by atoms with E-state index in [0.29, 0.717) is 6.54 Å². The summed E-state index contributed by atoms with van der Waals surface area (Å²) in [5, 5.41) is 0. The van der Waals surface area contributed by atoms with Gasteiger partial charge in [-0.25, -0.2) is 4.79 Å². The number of hydrogen-bond acceptors (Lipinski definition) is 3. The third kappa shape index (κ3) is 3.15. The standard InChI is InChI=1S/C19H31N3O3/c1-3-21(15-10-6-4-7-11-15)16(23)14-22-17(24)19(20(2)18(22)25)12-8-5-9-13-19/h15H,3-14H2,1-2H3. The largest absolute Gasteiger partial charge is 0.338 e. The molecule has 1 spiro atoms. The van der Waals surface area contributed by atoms with Crippen LogP contribution in [0.4, 0.5) is 4.79 Å². The Morgan fingerprint density at radius 3 is 2.28 bits per heavy atom. The third-order valence-electron chi connectivity index (χ3n) is 6.45.